The van der Waals surface area contributed by atoms with E-state index < -0.39 is 0 Å². The average molecular weight is 322 g/mol. The molecule has 1 atom stereocenters. The van der Waals surface area contributed by atoms with Crippen molar-refractivity contribution in [3.63, 3.8) is 0 Å². The van der Waals surface area contributed by atoms with E-state index in [1.54, 1.807) is 24.3 Å². The third kappa shape index (κ3) is 3.62. The molecular weight excluding hydrogens is 303 g/mol. The van der Waals surface area contributed by atoms with Crippen LogP contribution in [-0.2, 0) is 0 Å². The SMILES string of the molecule is N#Cc1ccc(C(=O)N2CCCCC(c3ccc(F)cc3)C2)cc1. The van der Waals surface area contributed by atoms with Crippen LogP contribution in [-0.4, -0.2) is 23.9 Å². The molecule has 0 aromatic heterocycles. The topological polar surface area (TPSA) is 44.1 Å². The normalized spacial score (nSPS) is 17.8. The molecule has 1 heterocycles. The number of carbonyl (C=O) groups is 1. The maximum Gasteiger partial charge on any atom is 0.253 e. The predicted molar refractivity (Wildman–Crippen MR) is 90.1 cm³/mol. The van der Waals surface area contributed by atoms with E-state index >= 15 is 0 Å². The van der Waals surface area contributed by atoms with E-state index in [0.717, 1.165) is 31.4 Å². The monoisotopic (exact) mass is 322 g/mol. The fourth-order valence-electron chi connectivity index (χ4n) is 3.20. The molecule has 2 aromatic rings. The van der Waals surface area contributed by atoms with Gasteiger partial charge in [0.1, 0.15) is 5.82 Å². The number of benzene rings is 2. The second-order valence-corrected chi connectivity index (χ2v) is 6.18. The second-order valence-electron chi connectivity index (χ2n) is 6.18. The van der Waals surface area contributed by atoms with E-state index in [1.807, 2.05) is 17.0 Å². The summed E-state index contributed by atoms with van der Waals surface area (Å²) in [5, 5.41) is 8.86. The molecule has 0 N–H and O–H groups in total. The van der Waals surface area contributed by atoms with Crippen molar-refractivity contribution in [1.82, 2.24) is 4.90 Å². The molecule has 0 bridgehead atoms. The van der Waals surface area contributed by atoms with Gasteiger partial charge in [-0.15, -0.1) is 0 Å². The Balaban J connectivity index is 1.77. The standard InChI is InChI=1S/C20H19FN2O/c21-19-10-8-16(9-11-19)18-3-1-2-12-23(14-18)20(24)17-6-4-15(13-22)5-7-17/h4-11,18H,1-3,12,14H2. The Bertz CT molecular complexity index is 747. The Morgan fingerprint density at radius 2 is 1.79 bits per heavy atom. The predicted octanol–water partition coefficient (Wildman–Crippen LogP) is 4.11. The van der Waals surface area contributed by atoms with Crippen LogP contribution in [0.4, 0.5) is 4.39 Å². The van der Waals surface area contributed by atoms with Crippen LogP contribution in [0.5, 0.6) is 0 Å². The van der Waals surface area contributed by atoms with E-state index in [0.29, 0.717) is 17.7 Å². The van der Waals surface area contributed by atoms with Gasteiger partial charge in [0.2, 0.25) is 0 Å². The van der Waals surface area contributed by atoms with Gasteiger partial charge >= 0.3 is 0 Å². The van der Waals surface area contributed by atoms with Crippen LogP contribution in [0.25, 0.3) is 0 Å². The van der Waals surface area contributed by atoms with Gasteiger partial charge in [0.25, 0.3) is 5.91 Å². The van der Waals surface area contributed by atoms with Gasteiger partial charge in [-0.2, -0.15) is 5.26 Å². The van der Waals surface area contributed by atoms with Gasteiger partial charge in [-0.25, -0.2) is 4.39 Å². The number of carbonyl (C=O) groups excluding carboxylic acids is 1. The molecule has 0 radical (unpaired) electrons. The summed E-state index contributed by atoms with van der Waals surface area (Å²) in [6, 6.07) is 15.4. The van der Waals surface area contributed by atoms with Gasteiger partial charge in [0.05, 0.1) is 11.6 Å². The summed E-state index contributed by atoms with van der Waals surface area (Å²) < 4.78 is 13.1. The number of likely N-dealkylation sites (tertiary alicyclic amines) is 1. The number of amides is 1. The molecule has 3 nitrogen and oxygen atoms in total. The molecule has 1 amide bonds. The van der Waals surface area contributed by atoms with Crippen molar-refractivity contribution in [3.8, 4) is 6.07 Å². The van der Waals surface area contributed by atoms with Crippen molar-refractivity contribution in [3.05, 3.63) is 71.0 Å². The molecular formula is C20H19FN2O. The maximum absolute atomic E-state index is 13.1. The first-order chi connectivity index (χ1) is 11.7. The fourth-order valence-corrected chi connectivity index (χ4v) is 3.20. The molecule has 122 valence electrons. The summed E-state index contributed by atoms with van der Waals surface area (Å²) in [5.41, 5.74) is 2.23. The second kappa shape index (κ2) is 7.27. The van der Waals surface area contributed by atoms with Gasteiger partial charge < -0.3 is 4.90 Å². The molecule has 4 heteroatoms. The molecule has 1 unspecified atom stereocenters. The quantitative estimate of drug-likeness (QED) is 0.835. The summed E-state index contributed by atoms with van der Waals surface area (Å²) in [6.07, 6.45) is 3.03. The third-order valence-electron chi connectivity index (χ3n) is 4.56. The third-order valence-corrected chi connectivity index (χ3v) is 4.56. The van der Waals surface area contributed by atoms with Crippen LogP contribution >= 0.6 is 0 Å². The lowest BCUT2D eigenvalue weighted by Crippen LogP contribution is -2.34. The Morgan fingerprint density at radius 1 is 1.08 bits per heavy atom. The van der Waals surface area contributed by atoms with Crippen molar-refractivity contribution < 1.29 is 9.18 Å². The zero-order chi connectivity index (χ0) is 16.9. The zero-order valence-electron chi connectivity index (χ0n) is 13.4. The Labute approximate surface area is 141 Å². The minimum atomic E-state index is -0.238. The first-order valence-corrected chi connectivity index (χ1v) is 8.22. The summed E-state index contributed by atoms with van der Waals surface area (Å²) in [6.45, 7) is 1.38. The highest BCUT2D eigenvalue weighted by molar-refractivity contribution is 5.94. The molecule has 0 aliphatic carbocycles. The number of hydrogen-bond acceptors (Lipinski definition) is 2. The Morgan fingerprint density at radius 3 is 2.46 bits per heavy atom. The van der Waals surface area contributed by atoms with E-state index in [2.05, 4.69) is 6.07 Å². The minimum absolute atomic E-state index is 0.00602. The van der Waals surface area contributed by atoms with Gasteiger partial charge in [-0.3, -0.25) is 4.79 Å². The summed E-state index contributed by atoms with van der Waals surface area (Å²) >= 11 is 0. The maximum atomic E-state index is 13.1. The summed E-state index contributed by atoms with van der Waals surface area (Å²) in [5.74, 6) is -0.0122. The van der Waals surface area contributed by atoms with Crippen LogP contribution in [0.1, 0.15) is 46.7 Å². The lowest BCUT2D eigenvalue weighted by Gasteiger charge is -2.25. The first-order valence-electron chi connectivity index (χ1n) is 8.22. The van der Waals surface area contributed by atoms with Crippen LogP contribution in [0, 0.1) is 17.1 Å². The number of halogens is 1. The lowest BCUT2D eigenvalue weighted by atomic mass is 9.94. The molecule has 0 spiro atoms. The van der Waals surface area contributed by atoms with Crippen LogP contribution in [0.2, 0.25) is 0 Å². The molecule has 24 heavy (non-hydrogen) atoms. The van der Waals surface area contributed by atoms with Crippen LogP contribution in [0.3, 0.4) is 0 Å². The smallest absolute Gasteiger partial charge is 0.253 e. The van der Waals surface area contributed by atoms with Gasteiger partial charge in [0, 0.05) is 24.6 Å². The lowest BCUT2D eigenvalue weighted by molar-refractivity contribution is 0.0754. The number of nitriles is 1. The van der Waals surface area contributed by atoms with Crippen molar-refractivity contribution >= 4 is 5.91 Å². The number of nitrogens with zero attached hydrogens (tertiary/aromatic N) is 2. The highest BCUT2D eigenvalue weighted by Gasteiger charge is 2.24. The number of hydrogen-bond donors (Lipinski definition) is 0. The fraction of sp³-hybridized carbons (Fsp3) is 0.300. The van der Waals surface area contributed by atoms with Crippen molar-refractivity contribution in [2.75, 3.05) is 13.1 Å². The van der Waals surface area contributed by atoms with Gasteiger partial charge in [-0.05, 0) is 54.8 Å². The van der Waals surface area contributed by atoms with E-state index in [4.69, 9.17) is 5.26 Å². The molecule has 2 aromatic carbocycles. The molecule has 3 rings (SSSR count). The van der Waals surface area contributed by atoms with Gasteiger partial charge in [0.15, 0.2) is 0 Å². The Hall–Kier alpha value is -2.67. The number of rotatable bonds is 2. The van der Waals surface area contributed by atoms with Crippen molar-refractivity contribution in [2.45, 2.75) is 25.2 Å². The summed E-state index contributed by atoms with van der Waals surface area (Å²) in [4.78, 5) is 14.6. The largest absolute Gasteiger partial charge is 0.338 e. The molecule has 1 aliphatic heterocycles. The van der Waals surface area contributed by atoms with E-state index in [-0.39, 0.29) is 17.6 Å². The summed E-state index contributed by atoms with van der Waals surface area (Å²) in [7, 11) is 0. The highest BCUT2D eigenvalue weighted by atomic mass is 19.1. The van der Waals surface area contributed by atoms with E-state index in [1.165, 1.54) is 12.1 Å². The van der Waals surface area contributed by atoms with Crippen molar-refractivity contribution in [1.29, 1.82) is 5.26 Å². The molecule has 0 saturated carbocycles. The van der Waals surface area contributed by atoms with Gasteiger partial charge in [-0.1, -0.05) is 18.6 Å². The minimum Gasteiger partial charge on any atom is -0.338 e. The molecule has 1 fully saturated rings. The van der Waals surface area contributed by atoms with Crippen LogP contribution in [0.15, 0.2) is 48.5 Å². The average Bonchev–Trinajstić information content (AvgIpc) is 2.88. The Kier molecular flexibility index (Phi) is 4.90. The molecule has 1 aliphatic rings. The van der Waals surface area contributed by atoms with Crippen molar-refractivity contribution in [2.24, 2.45) is 0 Å². The zero-order valence-corrected chi connectivity index (χ0v) is 13.4. The van der Waals surface area contributed by atoms with E-state index in [9.17, 15) is 9.18 Å². The highest BCUT2D eigenvalue weighted by Crippen LogP contribution is 2.27. The first kappa shape index (κ1) is 16.2. The molecule has 1 saturated heterocycles. The van der Waals surface area contributed by atoms with Crippen LogP contribution < -0.4 is 0 Å².